The fourth-order valence-corrected chi connectivity index (χ4v) is 3.91. The normalized spacial score (nSPS) is 10.9. The zero-order chi connectivity index (χ0) is 21.1. The van der Waals surface area contributed by atoms with Crippen LogP contribution in [-0.2, 0) is 4.79 Å². The molecule has 0 spiro atoms. The Balaban J connectivity index is 1.57. The predicted molar refractivity (Wildman–Crippen MR) is 121 cm³/mol. The highest BCUT2D eigenvalue weighted by Crippen LogP contribution is 2.25. The molecule has 30 heavy (non-hydrogen) atoms. The second kappa shape index (κ2) is 8.59. The van der Waals surface area contributed by atoms with Crippen LogP contribution in [0.1, 0.15) is 16.7 Å². The molecule has 0 radical (unpaired) electrons. The molecular weight excluding hydrogens is 394 g/mol. The van der Waals surface area contributed by atoms with Gasteiger partial charge in [-0.25, -0.2) is 4.68 Å². The molecule has 0 atom stereocenters. The number of rotatable bonds is 6. The van der Waals surface area contributed by atoms with Crippen molar-refractivity contribution in [3.05, 3.63) is 83.7 Å². The minimum Gasteiger partial charge on any atom is -0.325 e. The zero-order valence-corrected chi connectivity index (χ0v) is 18.0. The van der Waals surface area contributed by atoms with Gasteiger partial charge in [0.25, 0.3) is 0 Å². The predicted octanol–water partition coefficient (Wildman–Crippen LogP) is 4.71. The molecular formula is C23H23N5OS. The summed E-state index contributed by atoms with van der Waals surface area (Å²) in [6.45, 7) is 6.04. The highest BCUT2D eigenvalue weighted by atomic mass is 32.2. The molecule has 1 amide bonds. The van der Waals surface area contributed by atoms with Gasteiger partial charge in [-0.15, -0.1) is 10.2 Å². The molecule has 0 saturated heterocycles. The summed E-state index contributed by atoms with van der Waals surface area (Å²) >= 11 is 1.36. The Morgan fingerprint density at radius 3 is 2.50 bits per heavy atom. The first kappa shape index (κ1) is 20.0. The summed E-state index contributed by atoms with van der Waals surface area (Å²) in [5, 5.41) is 12.4. The van der Waals surface area contributed by atoms with Crippen LogP contribution in [0, 0.1) is 20.8 Å². The third-order valence-electron chi connectivity index (χ3n) is 4.71. The number of carbonyl (C=O) groups is 1. The highest BCUT2D eigenvalue weighted by Gasteiger charge is 2.17. The molecule has 0 saturated carbocycles. The molecule has 0 aliphatic heterocycles. The van der Waals surface area contributed by atoms with Gasteiger partial charge in [0.05, 0.1) is 5.75 Å². The molecule has 0 bridgehead atoms. The van der Waals surface area contributed by atoms with Crippen LogP contribution in [0.15, 0.2) is 72.1 Å². The third kappa shape index (κ3) is 4.31. The molecule has 7 heteroatoms. The van der Waals surface area contributed by atoms with E-state index < -0.39 is 0 Å². The molecule has 2 aromatic heterocycles. The number of hydrogen-bond donors (Lipinski definition) is 1. The van der Waals surface area contributed by atoms with E-state index in [-0.39, 0.29) is 11.7 Å². The molecule has 1 N–H and O–H groups in total. The van der Waals surface area contributed by atoms with E-state index >= 15 is 0 Å². The van der Waals surface area contributed by atoms with Crippen molar-refractivity contribution in [2.75, 3.05) is 11.1 Å². The fourth-order valence-electron chi connectivity index (χ4n) is 3.17. The van der Waals surface area contributed by atoms with Crippen molar-refractivity contribution in [2.45, 2.75) is 25.9 Å². The van der Waals surface area contributed by atoms with E-state index in [1.807, 2.05) is 91.0 Å². The van der Waals surface area contributed by atoms with Crippen LogP contribution < -0.4 is 5.32 Å². The van der Waals surface area contributed by atoms with Crippen LogP contribution in [0.3, 0.4) is 0 Å². The first-order chi connectivity index (χ1) is 14.5. The molecule has 4 rings (SSSR count). The largest absolute Gasteiger partial charge is 0.325 e. The van der Waals surface area contributed by atoms with Gasteiger partial charge in [0, 0.05) is 23.6 Å². The molecule has 0 fully saturated rings. The van der Waals surface area contributed by atoms with Crippen molar-refractivity contribution in [1.29, 1.82) is 0 Å². The number of benzene rings is 2. The maximum atomic E-state index is 12.6. The van der Waals surface area contributed by atoms with E-state index in [1.165, 1.54) is 11.8 Å². The van der Waals surface area contributed by atoms with Crippen molar-refractivity contribution in [1.82, 2.24) is 19.5 Å². The lowest BCUT2D eigenvalue weighted by atomic mass is 10.1. The average Bonchev–Trinajstić information content (AvgIpc) is 3.38. The number of nitrogens with one attached hydrogen (secondary N) is 1. The standard InChI is InChI=1S/C23H23N5OS/c1-16-7-6-8-19(13-16)22-25-26-23(28(22)27-11-4-5-12-27)30-15-21(29)24-20-14-17(2)9-10-18(20)3/h4-14H,15H2,1-3H3,(H,24,29). The Bertz CT molecular complexity index is 1180. The summed E-state index contributed by atoms with van der Waals surface area (Å²) in [7, 11) is 0. The van der Waals surface area contributed by atoms with Crippen LogP contribution in [-0.4, -0.2) is 31.2 Å². The minimum absolute atomic E-state index is 0.0761. The summed E-state index contributed by atoms with van der Waals surface area (Å²) < 4.78 is 3.84. The van der Waals surface area contributed by atoms with E-state index in [0.29, 0.717) is 5.16 Å². The molecule has 6 nitrogen and oxygen atoms in total. The van der Waals surface area contributed by atoms with Crippen LogP contribution in [0.5, 0.6) is 0 Å². The summed E-state index contributed by atoms with van der Waals surface area (Å²) in [6, 6.07) is 18.1. The van der Waals surface area contributed by atoms with Gasteiger partial charge in [0.2, 0.25) is 11.1 Å². The Hall–Kier alpha value is -3.32. The van der Waals surface area contributed by atoms with Crippen molar-refractivity contribution in [2.24, 2.45) is 0 Å². The van der Waals surface area contributed by atoms with E-state index in [4.69, 9.17) is 0 Å². The van der Waals surface area contributed by atoms with Gasteiger partial charge < -0.3 is 5.32 Å². The summed E-state index contributed by atoms with van der Waals surface area (Å²) in [5.41, 5.74) is 5.11. The molecule has 4 aromatic rings. The minimum atomic E-state index is -0.0761. The number of carbonyl (C=O) groups excluding carboxylic acids is 1. The van der Waals surface area contributed by atoms with Gasteiger partial charge in [-0.2, -0.15) is 0 Å². The quantitative estimate of drug-likeness (QED) is 0.461. The summed E-state index contributed by atoms with van der Waals surface area (Å²) in [5.74, 6) is 0.890. The Labute approximate surface area is 179 Å². The van der Waals surface area contributed by atoms with E-state index in [9.17, 15) is 4.79 Å². The Morgan fingerprint density at radius 1 is 0.967 bits per heavy atom. The molecule has 2 aromatic carbocycles. The Morgan fingerprint density at radius 2 is 1.73 bits per heavy atom. The van der Waals surface area contributed by atoms with Gasteiger partial charge in [-0.3, -0.25) is 9.47 Å². The Kier molecular flexibility index (Phi) is 5.72. The third-order valence-corrected chi connectivity index (χ3v) is 5.63. The van der Waals surface area contributed by atoms with Crippen molar-refractivity contribution in [3.8, 4) is 11.4 Å². The number of nitrogens with zero attached hydrogens (tertiary/aromatic N) is 4. The van der Waals surface area contributed by atoms with Gasteiger partial charge in [0.1, 0.15) is 0 Å². The molecule has 0 unspecified atom stereocenters. The number of aromatic nitrogens is 4. The van der Waals surface area contributed by atoms with E-state index in [1.54, 1.807) is 0 Å². The average molecular weight is 418 g/mol. The highest BCUT2D eigenvalue weighted by molar-refractivity contribution is 7.99. The molecule has 2 heterocycles. The van der Waals surface area contributed by atoms with E-state index in [0.717, 1.165) is 33.8 Å². The fraction of sp³-hybridized carbons (Fsp3) is 0.174. The number of anilines is 1. The summed E-state index contributed by atoms with van der Waals surface area (Å²) in [4.78, 5) is 12.6. The van der Waals surface area contributed by atoms with Crippen LogP contribution >= 0.6 is 11.8 Å². The first-order valence-corrected chi connectivity index (χ1v) is 10.7. The topological polar surface area (TPSA) is 64.7 Å². The smallest absolute Gasteiger partial charge is 0.234 e. The molecule has 0 aliphatic rings. The van der Waals surface area contributed by atoms with E-state index in [2.05, 4.69) is 21.6 Å². The number of amides is 1. The second-order valence-corrected chi connectivity index (χ2v) is 8.15. The van der Waals surface area contributed by atoms with Crippen molar-refractivity contribution in [3.63, 3.8) is 0 Å². The zero-order valence-electron chi connectivity index (χ0n) is 17.2. The number of hydrogen-bond acceptors (Lipinski definition) is 4. The van der Waals surface area contributed by atoms with Gasteiger partial charge in [-0.05, 0) is 56.2 Å². The van der Waals surface area contributed by atoms with Crippen LogP contribution in [0.25, 0.3) is 11.4 Å². The van der Waals surface area contributed by atoms with Gasteiger partial charge in [0.15, 0.2) is 5.82 Å². The SMILES string of the molecule is Cc1cccc(-c2nnc(SCC(=O)Nc3cc(C)ccc3C)n2-n2cccc2)c1. The maximum absolute atomic E-state index is 12.6. The number of thioether (sulfide) groups is 1. The van der Waals surface area contributed by atoms with Crippen molar-refractivity contribution >= 4 is 23.4 Å². The number of aryl methyl sites for hydroxylation is 3. The molecule has 152 valence electrons. The second-order valence-electron chi connectivity index (χ2n) is 7.21. The lowest BCUT2D eigenvalue weighted by Crippen LogP contribution is -2.16. The summed E-state index contributed by atoms with van der Waals surface area (Å²) in [6.07, 6.45) is 3.87. The first-order valence-electron chi connectivity index (χ1n) is 9.67. The maximum Gasteiger partial charge on any atom is 0.234 e. The lowest BCUT2D eigenvalue weighted by molar-refractivity contribution is -0.113. The molecule has 0 aliphatic carbocycles. The lowest BCUT2D eigenvalue weighted by Gasteiger charge is -2.12. The van der Waals surface area contributed by atoms with Gasteiger partial charge in [-0.1, -0.05) is 47.7 Å². The van der Waals surface area contributed by atoms with Crippen molar-refractivity contribution < 1.29 is 4.79 Å². The van der Waals surface area contributed by atoms with Crippen LogP contribution in [0.4, 0.5) is 5.69 Å². The monoisotopic (exact) mass is 417 g/mol. The van der Waals surface area contributed by atoms with Crippen LogP contribution in [0.2, 0.25) is 0 Å². The van der Waals surface area contributed by atoms with Gasteiger partial charge >= 0.3 is 0 Å².